The summed E-state index contributed by atoms with van der Waals surface area (Å²) in [7, 11) is -3.97. The number of carbonyl (C=O) groups is 1. The molecule has 6 nitrogen and oxygen atoms in total. The van der Waals surface area contributed by atoms with Crippen molar-refractivity contribution in [1.29, 1.82) is 0 Å². The molecule has 168 valence electrons. The third-order valence-electron chi connectivity index (χ3n) is 4.76. The molecule has 0 heterocycles. The molecule has 1 amide bonds. The van der Waals surface area contributed by atoms with E-state index in [0.717, 1.165) is 5.56 Å². The van der Waals surface area contributed by atoms with Crippen LogP contribution in [0.15, 0.2) is 77.7 Å². The predicted octanol–water partition coefficient (Wildman–Crippen LogP) is 4.58. The number of rotatable bonds is 9. The van der Waals surface area contributed by atoms with E-state index in [2.05, 4.69) is 10.0 Å². The molecular weight excluding hydrogens is 448 g/mol. The summed E-state index contributed by atoms with van der Waals surface area (Å²) in [6.07, 6.45) is 0.190. The molecule has 0 fully saturated rings. The molecule has 3 rings (SSSR count). The predicted molar refractivity (Wildman–Crippen MR) is 127 cm³/mol. The number of anilines is 1. The zero-order valence-electron chi connectivity index (χ0n) is 17.8. The van der Waals surface area contributed by atoms with Gasteiger partial charge in [-0.3, -0.25) is 4.79 Å². The fourth-order valence-corrected chi connectivity index (χ4v) is 4.57. The first kappa shape index (κ1) is 23.8. The molecule has 0 aliphatic carbocycles. The Morgan fingerprint density at radius 3 is 2.34 bits per heavy atom. The lowest BCUT2D eigenvalue weighted by Gasteiger charge is -2.19. The van der Waals surface area contributed by atoms with Crippen LogP contribution in [0, 0.1) is 6.92 Å². The molecule has 0 bridgehead atoms. The maximum atomic E-state index is 13.1. The van der Waals surface area contributed by atoms with Gasteiger partial charge in [0.05, 0.1) is 11.5 Å². The van der Waals surface area contributed by atoms with E-state index in [-0.39, 0.29) is 11.3 Å². The van der Waals surface area contributed by atoms with Crippen LogP contribution < -0.4 is 14.8 Å². The van der Waals surface area contributed by atoms with Gasteiger partial charge in [0.25, 0.3) is 0 Å². The van der Waals surface area contributed by atoms with Crippen LogP contribution in [-0.2, 0) is 21.2 Å². The Morgan fingerprint density at radius 1 is 1.03 bits per heavy atom. The molecule has 32 heavy (non-hydrogen) atoms. The van der Waals surface area contributed by atoms with Crippen LogP contribution >= 0.6 is 11.6 Å². The number of aryl methyl sites for hydroxylation is 1. The van der Waals surface area contributed by atoms with Crippen LogP contribution in [0.25, 0.3) is 0 Å². The van der Waals surface area contributed by atoms with Crippen LogP contribution in [0.3, 0.4) is 0 Å². The number of sulfonamides is 1. The van der Waals surface area contributed by atoms with Crippen LogP contribution in [0.4, 0.5) is 5.69 Å². The molecule has 0 aromatic heterocycles. The normalized spacial score (nSPS) is 12.2. The minimum atomic E-state index is -3.97. The van der Waals surface area contributed by atoms with E-state index >= 15 is 0 Å². The molecule has 3 aromatic carbocycles. The number of carbonyl (C=O) groups excluding carboxylic acids is 1. The minimum absolute atomic E-state index is 0.0656. The fourth-order valence-electron chi connectivity index (χ4n) is 3.16. The molecule has 0 radical (unpaired) electrons. The van der Waals surface area contributed by atoms with Gasteiger partial charge in [-0.1, -0.05) is 41.9 Å². The molecule has 3 aromatic rings. The summed E-state index contributed by atoms with van der Waals surface area (Å²) in [5.41, 5.74) is 2.04. The van der Waals surface area contributed by atoms with Crippen molar-refractivity contribution in [3.63, 3.8) is 0 Å². The second kappa shape index (κ2) is 10.6. The molecular formula is C24H25ClN2O4S. The van der Waals surface area contributed by atoms with E-state index < -0.39 is 22.0 Å². The van der Waals surface area contributed by atoms with Gasteiger partial charge in [0, 0.05) is 10.7 Å². The van der Waals surface area contributed by atoms with Crippen molar-refractivity contribution in [1.82, 2.24) is 4.72 Å². The number of benzene rings is 3. The summed E-state index contributed by atoms with van der Waals surface area (Å²) in [5, 5.41) is 3.29. The van der Waals surface area contributed by atoms with Gasteiger partial charge in [-0.15, -0.1) is 0 Å². The van der Waals surface area contributed by atoms with Crippen molar-refractivity contribution in [3.8, 4) is 5.75 Å². The van der Waals surface area contributed by atoms with Crippen molar-refractivity contribution < 1.29 is 17.9 Å². The summed E-state index contributed by atoms with van der Waals surface area (Å²) in [5.74, 6) is 0.148. The van der Waals surface area contributed by atoms with E-state index in [4.69, 9.17) is 16.3 Å². The first-order chi connectivity index (χ1) is 15.3. The van der Waals surface area contributed by atoms with Gasteiger partial charge in [-0.25, -0.2) is 8.42 Å². The van der Waals surface area contributed by atoms with Crippen molar-refractivity contribution in [2.75, 3.05) is 11.9 Å². The molecule has 0 saturated carbocycles. The van der Waals surface area contributed by atoms with Gasteiger partial charge < -0.3 is 10.1 Å². The Hall–Kier alpha value is -2.87. The third kappa shape index (κ3) is 6.32. The molecule has 8 heteroatoms. The first-order valence-corrected chi connectivity index (χ1v) is 12.0. The maximum Gasteiger partial charge on any atom is 0.242 e. The number of amides is 1. The Kier molecular flexibility index (Phi) is 7.90. The van der Waals surface area contributed by atoms with Gasteiger partial charge in [-0.05, 0) is 73.9 Å². The van der Waals surface area contributed by atoms with Gasteiger partial charge in [0.1, 0.15) is 11.8 Å². The van der Waals surface area contributed by atoms with Crippen LogP contribution in [0.1, 0.15) is 18.1 Å². The number of nitrogens with one attached hydrogen (secondary N) is 2. The van der Waals surface area contributed by atoms with E-state index in [1.54, 1.807) is 37.3 Å². The zero-order chi connectivity index (χ0) is 23.1. The highest BCUT2D eigenvalue weighted by Gasteiger charge is 2.26. The van der Waals surface area contributed by atoms with E-state index in [9.17, 15) is 13.2 Å². The quantitative estimate of drug-likeness (QED) is 0.477. The largest absolute Gasteiger partial charge is 0.494 e. The average Bonchev–Trinajstić information content (AvgIpc) is 2.77. The number of hydrogen-bond acceptors (Lipinski definition) is 4. The Labute approximate surface area is 193 Å². The zero-order valence-corrected chi connectivity index (χ0v) is 19.4. The second-order valence-corrected chi connectivity index (χ2v) is 9.37. The molecule has 1 atom stereocenters. The van der Waals surface area contributed by atoms with Crippen LogP contribution in [0.5, 0.6) is 5.75 Å². The molecule has 0 spiro atoms. The summed E-state index contributed by atoms with van der Waals surface area (Å²) in [6.45, 7) is 4.12. The van der Waals surface area contributed by atoms with Crippen molar-refractivity contribution in [2.24, 2.45) is 0 Å². The smallest absolute Gasteiger partial charge is 0.242 e. The summed E-state index contributed by atoms with van der Waals surface area (Å²) in [6, 6.07) is 19.4. The average molecular weight is 473 g/mol. The highest BCUT2D eigenvalue weighted by Crippen LogP contribution is 2.22. The standard InChI is InChI=1S/C24H25ClN2O4S/c1-3-31-23-14-13-21(15-17(23)2)32(29,30)27-22(16-18-7-5-4-6-8-18)24(28)26-20-11-9-19(25)10-12-20/h4-15,22,27H,3,16H2,1-2H3,(H,26,28)/t22-/m0/s1. The van der Waals surface area contributed by atoms with E-state index in [1.807, 2.05) is 37.3 Å². The number of ether oxygens (including phenoxy) is 1. The molecule has 0 unspecified atom stereocenters. The third-order valence-corrected chi connectivity index (χ3v) is 6.49. The Balaban J connectivity index is 1.86. The fraction of sp³-hybridized carbons (Fsp3) is 0.208. The highest BCUT2D eigenvalue weighted by atomic mass is 35.5. The van der Waals surface area contributed by atoms with Crippen molar-refractivity contribution in [2.45, 2.75) is 31.2 Å². The van der Waals surface area contributed by atoms with Gasteiger partial charge in [0.15, 0.2) is 0 Å². The van der Waals surface area contributed by atoms with E-state index in [1.165, 1.54) is 12.1 Å². The van der Waals surface area contributed by atoms with Gasteiger partial charge in [-0.2, -0.15) is 4.72 Å². The second-order valence-electron chi connectivity index (χ2n) is 7.22. The van der Waals surface area contributed by atoms with Crippen LogP contribution in [0.2, 0.25) is 5.02 Å². The number of hydrogen-bond donors (Lipinski definition) is 2. The van der Waals surface area contributed by atoms with Crippen LogP contribution in [-0.4, -0.2) is 27.0 Å². The highest BCUT2D eigenvalue weighted by molar-refractivity contribution is 7.89. The van der Waals surface area contributed by atoms with Gasteiger partial charge in [0.2, 0.25) is 15.9 Å². The number of halogens is 1. The first-order valence-electron chi connectivity index (χ1n) is 10.1. The van der Waals surface area contributed by atoms with Gasteiger partial charge >= 0.3 is 0 Å². The van der Waals surface area contributed by atoms with E-state index in [0.29, 0.717) is 28.6 Å². The van der Waals surface area contributed by atoms with Crippen molar-refractivity contribution in [3.05, 3.63) is 88.9 Å². The minimum Gasteiger partial charge on any atom is -0.494 e. The summed E-state index contributed by atoms with van der Waals surface area (Å²) >= 11 is 5.90. The molecule has 2 N–H and O–H groups in total. The maximum absolute atomic E-state index is 13.1. The molecule has 0 aliphatic rings. The summed E-state index contributed by atoms with van der Waals surface area (Å²) < 4.78 is 34.3. The van der Waals surface area contributed by atoms with Crippen molar-refractivity contribution >= 4 is 33.2 Å². The Bertz CT molecular complexity index is 1170. The lowest BCUT2D eigenvalue weighted by molar-refractivity contribution is -0.117. The molecule has 0 aliphatic heterocycles. The lowest BCUT2D eigenvalue weighted by Crippen LogP contribution is -2.45. The topological polar surface area (TPSA) is 84.5 Å². The lowest BCUT2D eigenvalue weighted by atomic mass is 10.1. The summed E-state index contributed by atoms with van der Waals surface area (Å²) in [4.78, 5) is 13.1. The molecule has 0 saturated heterocycles. The SMILES string of the molecule is CCOc1ccc(S(=O)(=O)N[C@@H](Cc2ccccc2)C(=O)Nc2ccc(Cl)cc2)cc1C. The monoisotopic (exact) mass is 472 g/mol. The Morgan fingerprint density at radius 2 is 1.72 bits per heavy atom.